The van der Waals surface area contributed by atoms with Crippen molar-refractivity contribution in [2.75, 3.05) is 57.7 Å². The summed E-state index contributed by atoms with van der Waals surface area (Å²) in [6.07, 6.45) is 8.20. The first-order valence-corrected chi connectivity index (χ1v) is 14.2. The molecule has 2 aromatic heterocycles. The lowest BCUT2D eigenvalue weighted by atomic mass is 10.1. The van der Waals surface area contributed by atoms with E-state index in [1.165, 1.54) is 18.4 Å². The van der Waals surface area contributed by atoms with Gasteiger partial charge < -0.3 is 10.6 Å². The van der Waals surface area contributed by atoms with Crippen LogP contribution in [0.5, 0.6) is 0 Å². The fourth-order valence-corrected chi connectivity index (χ4v) is 5.48. The van der Waals surface area contributed by atoms with Crippen LogP contribution in [0, 0.1) is 5.92 Å². The number of nitrogens with zero attached hydrogens (tertiary/aromatic N) is 6. The zero-order valence-electron chi connectivity index (χ0n) is 22.7. The molecule has 39 heavy (non-hydrogen) atoms. The molecule has 7 heterocycles. The summed E-state index contributed by atoms with van der Waals surface area (Å²) in [6.45, 7) is 9.68. The molecule has 9 heteroatoms. The number of nitrogens with one attached hydrogen (secondary N) is 2. The maximum absolute atomic E-state index is 12.7. The van der Waals surface area contributed by atoms with E-state index in [0.717, 1.165) is 80.2 Å². The number of benzene rings is 1. The van der Waals surface area contributed by atoms with Crippen LogP contribution in [0.2, 0.25) is 0 Å². The molecule has 1 aromatic carbocycles. The highest BCUT2D eigenvalue weighted by Gasteiger charge is 2.28. The van der Waals surface area contributed by atoms with Crippen LogP contribution in [-0.2, 0) is 11.3 Å². The SMILES string of the molecule is CC1c2ncc(cn2)-c2ccnc(c2)Nc2cccc(c2)CN2CCN(CC2)CC(=O)NCCN1CC1CC1. The number of aromatic nitrogens is 3. The van der Waals surface area contributed by atoms with Gasteiger partial charge in [-0.25, -0.2) is 15.0 Å². The van der Waals surface area contributed by atoms with E-state index < -0.39 is 0 Å². The van der Waals surface area contributed by atoms with Crippen molar-refractivity contribution in [2.45, 2.75) is 32.4 Å². The van der Waals surface area contributed by atoms with E-state index in [1.54, 1.807) is 0 Å². The molecule has 1 unspecified atom stereocenters. The lowest BCUT2D eigenvalue weighted by Gasteiger charge is -2.34. The molecule has 1 saturated heterocycles. The number of piperazine rings is 1. The molecular formula is C30H38N8O. The van der Waals surface area contributed by atoms with Crippen molar-refractivity contribution in [1.82, 2.24) is 35.0 Å². The van der Waals surface area contributed by atoms with E-state index in [4.69, 9.17) is 9.97 Å². The number of amides is 1. The molecule has 1 saturated carbocycles. The molecule has 9 nitrogen and oxygen atoms in total. The van der Waals surface area contributed by atoms with Gasteiger partial charge in [-0.15, -0.1) is 0 Å². The Balaban J connectivity index is 1.25. The predicted molar refractivity (Wildman–Crippen MR) is 152 cm³/mol. The van der Waals surface area contributed by atoms with Gasteiger partial charge in [0.2, 0.25) is 5.91 Å². The average molecular weight is 527 g/mol. The quantitative estimate of drug-likeness (QED) is 0.526. The summed E-state index contributed by atoms with van der Waals surface area (Å²) >= 11 is 0. The van der Waals surface area contributed by atoms with Gasteiger partial charge in [0.1, 0.15) is 11.6 Å². The molecule has 2 fully saturated rings. The van der Waals surface area contributed by atoms with Gasteiger partial charge in [-0.2, -0.15) is 0 Å². The standard InChI is InChI=1S/C30H38N8O/c1-22-30-33-17-26(18-34-30)25-7-8-31-28(16-25)35-27-4-2-3-24(15-27)19-36-11-13-37(14-12-36)21-29(39)32-9-10-38(22)20-23-5-6-23/h2-4,7-8,15-18,22-23H,5-6,9-14,19-21H2,1H3,(H,31,35)(H,32,39). The van der Waals surface area contributed by atoms with Crippen molar-refractivity contribution in [3.63, 3.8) is 0 Å². The van der Waals surface area contributed by atoms with E-state index in [1.807, 2.05) is 30.7 Å². The van der Waals surface area contributed by atoms with Gasteiger partial charge in [-0.1, -0.05) is 12.1 Å². The van der Waals surface area contributed by atoms with Gasteiger partial charge in [0.05, 0.1) is 12.6 Å². The average Bonchev–Trinajstić information content (AvgIpc) is 3.77. The highest BCUT2D eigenvalue weighted by atomic mass is 16.2. The van der Waals surface area contributed by atoms with Gasteiger partial charge in [-0.3, -0.25) is 19.5 Å². The summed E-state index contributed by atoms with van der Waals surface area (Å²) in [4.78, 5) is 34.0. The second-order valence-corrected chi connectivity index (χ2v) is 11.1. The topological polar surface area (TPSA) is 89.5 Å². The normalized spacial score (nSPS) is 24.6. The molecule has 1 amide bonds. The van der Waals surface area contributed by atoms with Crippen LogP contribution >= 0.6 is 0 Å². The van der Waals surface area contributed by atoms with Crippen molar-refractivity contribution in [3.05, 3.63) is 66.4 Å². The maximum atomic E-state index is 12.7. The molecule has 5 aliphatic heterocycles. The van der Waals surface area contributed by atoms with E-state index in [-0.39, 0.29) is 11.9 Å². The maximum Gasteiger partial charge on any atom is 0.234 e. The van der Waals surface area contributed by atoms with Crippen LogP contribution < -0.4 is 10.6 Å². The van der Waals surface area contributed by atoms with Gasteiger partial charge in [0, 0.05) is 82.2 Å². The molecular weight excluding hydrogens is 488 g/mol. The Morgan fingerprint density at radius 2 is 1.67 bits per heavy atom. The Morgan fingerprint density at radius 3 is 2.44 bits per heavy atom. The highest BCUT2D eigenvalue weighted by Crippen LogP contribution is 2.32. The van der Waals surface area contributed by atoms with Gasteiger partial charge in [0.15, 0.2) is 0 Å². The summed E-state index contributed by atoms with van der Waals surface area (Å²) in [5.41, 5.74) is 4.26. The molecule has 2 N–H and O–H groups in total. The first kappa shape index (κ1) is 25.9. The van der Waals surface area contributed by atoms with E-state index in [0.29, 0.717) is 13.1 Å². The number of anilines is 2. The zero-order valence-corrected chi connectivity index (χ0v) is 22.7. The lowest BCUT2D eigenvalue weighted by Crippen LogP contribution is -2.49. The molecule has 1 aliphatic carbocycles. The highest BCUT2D eigenvalue weighted by molar-refractivity contribution is 5.78. The molecule has 1 atom stereocenters. The number of rotatable bonds is 2. The summed E-state index contributed by atoms with van der Waals surface area (Å²) in [7, 11) is 0. The minimum absolute atomic E-state index is 0.0770. The number of pyridine rings is 1. The van der Waals surface area contributed by atoms with Crippen molar-refractivity contribution < 1.29 is 4.79 Å². The van der Waals surface area contributed by atoms with Crippen LogP contribution in [0.25, 0.3) is 11.1 Å². The van der Waals surface area contributed by atoms with Crippen molar-refractivity contribution in [2.24, 2.45) is 5.92 Å². The van der Waals surface area contributed by atoms with Crippen molar-refractivity contribution in [1.29, 1.82) is 0 Å². The first-order chi connectivity index (χ1) is 19.1. The summed E-state index contributed by atoms with van der Waals surface area (Å²) < 4.78 is 0. The molecule has 0 spiro atoms. The summed E-state index contributed by atoms with van der Waals surface area (Å²) in [5, 5.41) is 6.64. The Labute approximate surface area is 230 Å². The van der Waals surface area contributed by atoms with Crippen LogP contribution in [-0.4, -0.2) is 87.9 Å². The van der Waals surface area contributed by atoms with Gasteiger partial charge in [0.25, 0.3) is 0 Å². The molecule has 3 aromatic rings. The van der Waals surface area contributed by atoms with Crippen LogP contribution in [0.4, 0.5) is 11.5 Å². The van der Waals surface area contributed by atoms with E-state index in [2.05, 4.69) is 61.5 Å². The van der Waals surface area contributed by atoms with E-state index in [9.17, 15) is 4.79 Å². The first-order valence-electron chi connectivity index (χ1n) is 14.2. The summed E-state index contributed by atoms with van der Waals surface area (Å²) in [5.74, 6) is 2.45. The third kappa shape index (κ3) is 6.79. The van der Waals surface area contributed by atoms with Crippen LogP contribution in [0.3, 0.4) is 0 Å². The molecule has 6 aliphatic rings. The Morgan fingerprint density at radius 1 is 0.897 bits per heavy atom. The number of carbonyl (C=O) groups excluding carboxylic acids is 1. The summed E-state index contributed by atoms with van der Waals surface area (Å²) in [6, 6.07) is 12.6. The lowest BCUT2D eigenvalue weighted by molar-refractivity contribution is -0.122. The van der Waals surface area contributed by atoms with Crippen molar-refractivity contribution >= 4 is 17.4 Å². The van der Waals surface area contributed by atoms with Gasteiger partial charge in [-0.05, 0) is 61.1 Å². The van der Waals surface area contributed by atoms with E-state index >= 15 is 0 Å². The number of carbonyl (C=O) groups is 1. The van der Waals surface area contributed by atoms with Crippen LogP contribution in [0.1, 0.15) is 37.2 Å². The van der Waals surface area contributed by atoms with Crippen molar-refractivity contribution in [3.8, 4) is 11.1 Å². The predicted octanol–water partition coefficient (Wildman–Crippen LogP) is 3.30. The fourth-order valence-electron chi connectivity index (χ4n) is 5.48. The third-order valence-corrected chi connectivity index (χ3v) is 8.03. The Bertz CT molecular complexity index is 1270. The monoisotopic (exact) mass is 526 g/mol. The smallest absolute Gasteiger partial charge is 0.234 e. The second-order valence-electron chi connectivity index (χ2n) is 11.1. The minimum atomic E-state index is 0.0770. The Kier molecular flexibility index (Phi) is 7.81. The molecule has 8 bridgehead atoms. The third-order valence-electron chi connectivity index (χ3n) is 8.03. The molecule has 204 valence electrons. The van der Waals surface area contributed by atoms with Gasteiger partial charge >= 0.3 is 0 Å². The zero-order chi connectivity index (χ0) is 26.6. The Hall–Kier alpha value is -3.40. The number of hydrogen-bond donors (Lipinski definition) is 2. The van der Waals surface area contributed by atoms with Crippen LogP contribution in [0.15, 0.2) is 55.0 Å². The second kappa shape index (κ2) is 11.8. The fraction of sp³-hybridized carbons (Fsp3) is 0.467. The largest absolute Gasteiger partial charge is 0.354 e. The molecule has 0 radical (unpaired) electrons. The molecule has 9 rings (SSSR count). The number of hydrogen-bond acceptors (Lipinski definition) is 8. The minimum Gasteiger partial charge on any atom is -0.354 e.